The zero-order valence-corrected chi connectivity index (χ0v) is 12.8. The summed E-state index contributed by atoms with van der Waals surface area (Å²) in [6, 6.07) is 0. The molecule has 10 heteroatoms. The monoisotopic (exact) mass is 318 g/mol. The van der Waals surface area contributed by atoms with Crippen molar-refractivity contribution in [2.24, 2.45) is 0 Å². The Morgan fingerprint density at radius 3 is 1.47 bits per heavy atom. The van der Waals surface area contributed by atoms with E-state index < -0.39 is 38.2 Å². The first-order chi connectivity index (χ1) is 8.38. The summed E-state index contributed by atoms with van der Waals surface area (Å²) < 4.78 is 63.8. The molecule has 2 atom stereocenters. The van der Waals surface area contributed by atoms with E-state index in [0.717, 1.165) is 12.5 Å². The highest BCUT2D eigenvalue weighted by molar-refractivity contribution is 7.86. The molecule has 19 heavy (non-hydrogen) atoms. The van der Waals surface area contributed by atoms with Gasteiger partial charge in [0.05, 0.1) is 25.7 Å². The van der Waals surface area contributed by atoms with Crippen LogP contribution < -0.4 is 0 Å². The van der Waals surface area contributed by atoms with E-state index in [9.17, 15) is 16.8 Å². The minimum absolute atomic E-state index is 0.264. The molecule has 1 fully saturated rings. The topological polar surface area (TPSA) is 105 Å². The second-order valence-electron chi connectivity index (χ2n) is 4.69. The lowest BCUT2D eigenvalue weighted by Gasteiger charge is -2.16. The van der Waals surface area contributed by atoms with Gasteiger partial charge in [0.15, 0.2) is 5.79 Å². The Bertz CT molecular complexity index is 460. The maximum Gasteiger partial charge on any atom is 0.264 e. The molecule has 0 aromatic heterocycles. The first-order valence-electron chi connectivity index (χ1n) is 5.42. The van der Waals surface area contributed by atoms with Gasteiger partial charge in [0.2, 0.25) is 0 Å². The van der Waals surface area contributed by atoms with Gasteiger partial charge in [-0.2, -0.15) is 16.8 Å². The summed E-state index contributed by atoms with van der Waals surface area (Å²) in [6.45, 7) is 2.72. The number of hydrogen-bond donors (Lipinski definition) is 0. The van der Waals surface area contributed by atoms with Crippen LogP contribution in [-0.2, 0) is 38.1 Å². The van der Waals surface area contributed by atoms with Crippen LogP contribution in [0.1, 0.15) is 13.8 Å². The van der Waals surface area contributed by atoms with E-state index in [1.165, 1.54) is 0 Å². The van der Waals surface area contributed by atoms with Gasteiger partial charge >= 0.3 is 0 Å². The van der Waals surface area contributed by atoms with E-state index in [4.69, 9.17) is 9.47 Å². The van der Waals surface area contributed by atoms with E-state index in [-0.39, 0.29) is 13.2 Å². The summed E-state index contributed by atoms with van der Waals surface area (Å²) in [6.07, 6.45) is 0.365. The van der Waals surface area contributed by atoms with Crippen molar-refractivity contribution in [1.82, 2.24) is 0 Å². The average molecular weight is 318 g/mol. The molecule has 0 radical (unpaired) electrons. The molecule has 114 valence electrons. The van der Waals surface area contributed by atoms with Gasteiger partial charge in [-0.3, -0.25) is 8.37 Å². The van der Waals surface area contributed by atoms with Crippen molar-refractivity contribution >= 4 is 20.2 Å². The normalized spacial score (nSPS) is 27.6. The summed E-state index contributed by atoms with van der Waals surface area (Å²) in [5.74, 6) is -0.961. The minimum atomic E-state index is -3.61. The van der Waals surface area contributed by atoms with Gasteiger partial charge in [-0.15, -0.1) is 0 Å². The Morgan fingerprint density at radius 2 is 1.21 bits per heavy atom. The zero-order chi connectivity index (χ0) is 14.9. The molecule has 1 saturated heterocycles. The van der Waals surface area contributed by atoms with Gasteiger partial charge in [-0.05, 0) is 13.8 Å². The third-order valence-corrected chi connectivity index (χ3v) is 3.31. The maximum atomic E-state index is 10.9. The molecule has 0 aliphatic carbocycles. The minimum Gasteiger partial charge on any atom is -0.342 e. The first-order valence-corrected chi connectivity index (χ1v) is 9.06. The second kappa shape index (κ2) is 5.62. The van der Waals surface area contributed by atoms with Crippen molar-refractivity contribution in [2.75, 3.05) is 25.7 Å². The molecule has 1 rings (SSSR count). The molecule has 1 heterocycles. The van der Waals surface area contributed by atoms with E-state index in [1.54, 1.807) is 13.8 Å². The molecule has 0 unspecified atom stereocenters. The molecule has 0 saturated carbocycles. The molecule has 0 spiro atoms. The molecule has 0 aromatic rings. The highest BCUT2D eigenvalue weighted by Gasteiger charge is 2.42. The lowest BCUT2D eigenvalue weighted by Crippen LogP contribution is -2.33. The third-order valence-electron chi connectivity index (χ3n) is 2.18. The Labute approximate surface area is 113 Å². The number of rotatable bonds is 6. The standard InChI is InChI=1S/C9H18O8S2/c1-9(2)16-7(5-14-18(3,10)11)8(17-9)6-15-19(4,12)13/h7-8H,5-6H2,1-4H3/t7-,8-/m1/s1. The van der Waals surface area contributed by atoms with Gasteiger partial charge in [0, 0.05) is 0 Å². The van der Waals surface area contributed by atoms with Crippen LogP contribution in [-0.4, -0.2) is 60.6 Å². The number of ether oxygens (including phenoxy) is 2. The van der Waals surface area contributed by atoms with Crippen LogP contribution in [0.2, 0.25) is 0 Å². The van der Waals surface area contributed by atoms with Crippen LogP contribution in [0, 0.1) is 0 Å². The number of hydrogen-bond acceptors (Lipinski definition) is 8. The molecule has 0 aromatic carbocycles. The van der Waals surface area contributed by atoms with Crippen molar-refractivity contribution in [2.45, 2.75) is 31.8 Å². The van der Waals surface area contributed by atoms with E-state index in [2.05, 4.69) is 8.37 Å². The fourth-order valence-corrected chi connectivity index (χ4v) is 2.34. The van der Waals surface area contributed by atoms with Crippen LogP contribution >= 0.6 is 0 Å². The summed E-state index contributed by atoms with van der Waals surface area (Å²) in [5, 5.41) is 0. The van der Waals surface area contributed by atoms with Crippen LogP contribution in [0.3, 0.4) is 0 Å². The van der Waals surface area contributed by atoms with Crippen LogP contribution in [0.25, 0.3) is 0 Å². The summed E-state index contributed by atoms with van der Waals surface area (Å²) in [4.78, 5) is 0. The molecular weight excluding hydrogens is 300 g/mol. The highest BCUT2D eigenvalue weighted by Crippen LogP contribution is 2.29. The van der Waals surface area contributed by atoms with Gasteiger partial charge in [-0.1, -0.05) is 0 Å². The Morgan fingerprint density at radius 1 is 0.895 bits per heavy atom. The lowest BCUT2D eigenvalue weighted by molar-refractivity contribution is -0.150. The molecule has 1 aliphatic rings. The largest absolute Gasteiger partial charge is 0.342 e. The molecule has 0 N–H and O–H groups in total. The van der Waals surface area contributed by atoms with Gasteiger partial charge in [0.25, 0.3) is 20.2 Å². The maximum absolute atomic E-state index is 10.9. The zero-order valence-electron chi connectivity index (χ0n) is 11.2. The molecular formula is C9H18O8S2. The lowest BCUT2D eigenvalue weighted by atomic mass is 10.2. The third kappa shape index (κ3) is 6.63. The van der Waals surface area contributed by atoms with E-state index in [0.29, 0.717) is 0 Å². The van der Waals surface area contributed by atoms with Crippen LogP contribution in [0.5, 0.6) is 0 Å². The quantitative estimate of drug-likeness (QED) is 0.601. The fourth-order valence-electron chi connectivity index (χ4n) is 1.57. The predicted molar refractivity (Wildman–Crippen MR) is 65.4 cm³/mol. The highest BCUT2D eigenvalue weighted by atomic mass is 32.2. The van der Waals surface area contributed by atoms with Gasteiger partial charge < -0.3 is 9.47 Å². The molecule has 0 bridgehead atoms. The van der Waals surface area contributed by atoms with Crippen LogP contribution in [0.4, 0.5) is 0 Å². The molecule has 0 amide bonds. The van der Waals surface area contributed by atoms with E-state index >= 15 is 0 Å². The second-order valence-corrected chi connectivity index (χ2v) is 7.98. The van der Waals surface area contributed by atoms with Crippen molar-refractivity contribution < 1.29 is 34.7 Å². The van der Waals surface area contributed by atoms with Crippen molar-refractivity contribution in [3.8, 4) is 0 Å². The van der Waals surface area contributed by atoms with Gasteiger partial charge in [-0.25, -0.2) is 0 Å². The Hall–Kier alpha value is -0.260. The molecule has 8 nitrogen and oxygen atoms in total. The summed E-state index contributed by atoms with van der Waals surface area (Å²) in [7, 11) is -7.22. The van der Waals surface area contributed by atoms with Crippen LogP contribution in [0.15, 0.2) is 0 Å². The Balaban J connectivity index is 2.65. The SMILES string of the molecule is CC1(C)O[C@H](COS(C)(=O)=O)[C@@H](COS(C)(=O)=O)O1. The van der Waals surface area contributed by atoms with Crippen molar-refractivity contribution in [3.05, 3.63) is 0 Å². The Kier molecular flexibility index (Phi) is 4.97. The smallest absolute Gasteiger partial charge is 0.264 e. The van der Waals surface area contributed by atoms with Gasteiger partial charge in [0.1, 0.15) is 12.2 Å². The summed E-state index contributed by atoms with van der Waals surface area (Å²) >= 11 is 0. The summed E-state index contributed by atoms with van der Waals surface area (Å²) in [5.41, 5.74) is 0. The van der Waals surface area contributed by atoms with Crippen molar-refractivity contribution in [1.29, 1.82) is 0 Å². The van der Waals surface area contributed by atoms with E-state index in [1.807, 2.05) is 0 Å². The van der Waals surface area contributed by atoms with Crippen molar-refractivity contribution in [3.63, 3.8) is 0 Å². The molecule has 1 aliphatic heterocycles. The predicted octanol–water partition coefficient (Wildman–Crippen LogP) is -0.541. The fraction of sp³-hybridized carbons (Fsp3) is 1.00. The average Bonchev–Trinajstić information content (AvgIpc) is 2.45. The first kappa shape index (κ1) is 16.8.